The maximum Gasteiger partial charge on any atom is 0.215 e. The number of sulfonamides is 1. The fourth-order valence-electron chi connectivity index (χ4n) is 2.99. The Bertz CT molecular complexity index is 379. The molecule has 19 heavy (non-hydrogen) atoms. The molecule has 2 rings (SSSR count). The summed E-state index contributed by atoms with van der Waals surface area (Å²) in [6.07, 6.45) is 4.17. The molecule has 5 nitrogen and oxygen atoms in total. The number of methoxy groups -OCH3 is 1. The van der Waals surface area contributed by atoms with Gasteiger partial charge in [-0.1, -0.05) is 13.3 Å². The molecule has 6 heteroatoms. The summed E-state index contributed by atoms with van der Waals surface area (Å²) in [5, 5.41) is 3.31. The Kier molecular flexibility index (Phi) is 5.22. The Balaban J connectivity index is 1.95. The monoisotopic (exact) mass is 290 g/mol. The summed E-state index contributed by atoms with van der Waals surface area (Å²) in [4.78, 5) is 0. The Morgan fingerprint density at radius 1 is 1.32 bits per heavy atom. The molecule has 3 unspecified atom stereocenters. The standard InChI is InChI=1S/C13H26N2O3S/c1-11-6-8-15(9-13(11)18-2)19(16,17)10-12-5-3-4-7-14-12/h11-14H,3-10H2,1-2H3. The van der Waals surface area contributed by atoms with Gasteiger partial charge in [-0.3, -0.25) is 0 Å². The second kappa shape index (κ2) is 6.52. The lowest BCUT2D eigenvalue weighted by atomic mass is 9.97. The highest BCUT2D eigenvalue weighted by atomic mass is 32.2. The molecule has 0 aliphatic carbocycles. The molecule has 0 aromatic carbocycles. The van der Waals surface area contributed by atoms with Gasteiger partial charge in [0, 0.05) is 26.2 Å². The Morgan fingerprint density at radius 2 is 2.11 bits per heavy atom. The topological polar surface area (TPSA) is 58.6 Å². The minimum Gasteiger partial charge on any atom is -0.380 e. The zero-order chi connectivity index (χ0) is 13.9. The highest BCUT2D eigenvalue weighted by molar-refractivity contribution is 7.89. The molecular formula is C13H26N2O3S. The number of rotatable bonds is 4. The first-order valence-electron chi connectivity index (χ1n) is 7.27. The van der Waals surface area contributed by atoms with Gasteiger partial charge in [-0.15, -0.1) is 0 Å². The van der Waals surface area contributed by atoms with E-state index in [4.69, 9.17) is 4.74 Å². The molecule has 0 aromatic rings. The molecule has 2 aliphatic heterocycles. The maximum atomic E-state index is 12.5. The van der Waals surface area contributed by atoms with Gasteiger partial charge in [0.25, 0.3) is 0 Å². The predicted molar refractivity (Wildman–Crippen MR) is 75.6 cm³/mol. The molecule has 2 aliphatic rings. The van der Waals surface area contributed by atoms with Crippen molar-refractivity contribution in [3.63, 3.8) is 0 Å². The van der Waals surface area contributed by atoms with Crippen LogP contribution < -0.4 is 5.32 Å². The first kappa shape index (κ1) is 15.2. The average molecular weight is 290 g/mol. The van der Waals surface area contributed by atoms with Gasteiger partial charge in [-0.2, -0.15) is 4.31 Å². The van der Waals surface area contributed by atoms with Crippen LogP contribution in [0.5, 0.6) is 0 Å². The van der Waals surface area contributed by atoms with Crippen molar-refractivity contribution in [2.75, 3.05) is 32.5 Å². The molecule has 2 saturated heterocycles. The van der Waals surface area contributed by atoms with Crippen LogP contribution in [0.3, 0.4) is 0 Å². The summed E-state index contributed by atoms with van der Waals surface area (Å²) in [5.41, 5.74) is 0. The molecule has 2 heterocycles. The minimum absolute atomic E-state index is 0.0304. The van der Waals surface area contributed by atoms with Crippen LogP contribution in [-0.4, -0.2) is 57.4 Å². The summed E-state index contributed by atoms with van der Waals surface area (Å²) in [6.45, 7) is 4.21. The van der Waals surface area contributed by atoms with E-state index in [0.29, 0.717) is 19.0 Å². The van der Waals surface area contributed by atoms with Crippen LogP contribution in [0.2, 0.25) is 0 Å². The number of piperidine rings is 2. The molecule has 3 atom stereocenters. The highest BCUT2D eigenvalue weighted by Gasteiger charge is 2.34. The van der Waals surface area contributed by atoms with Crippen molar-refractivity contribution < 1.29 is 13.2 Å². The van der Waals surface area contributed by atoms with Crippen molar-refractivity contribution in [1.82, 2.24) is 9.62 Å². The summed E-state index contributed by atoms with van der Waals surface area (Å²) in [5.74, 6) is 0.668. The summed E-state index contributed by atoms with van der Waals surface area (Å²) >= 11 is 0. The number of nitrogens with zero attached hydrogens (tertiary/aromatic N) is 1. The summed E-state index contributed by atoms with van der Waals surface area (Å²) in [6, 6.07) is 0.124. The van der Waals surface area contributed by atoms with E-state index in [2.05, 4.69) is 12.2 Å². The van der Waals surface area contributed by atoms with Crippen molar-refractivity contribution in [2.24, 2.45) is 5.92 Å². The van der Waals surface area contributed by atoms with Crippen LogP contribution in [0.15, 0.2) is 0 Å². The molecule has 112 valence electrons. The van der Waals surface area contributed by atoms with Gasteiger partial charge in [0.1, 0.15) is 0 Å². The normalized spacial score (nSPS) is 34.3. The number of hydrogen-bond acceptors (Lipinski definition) is 4. The lowest BCUT2D eigenvalue weighted by Crippen LogP contribution is -2.50. The van der Waals surface area contributed by atoms with Crippen LogP contribution in [0.1, 0.15) is 32.6 Å². The lowest BCUT2D eigenvalue weighted by molar-refractivity contribution is 0.0183. The van der Waals surface area contributed by atoms with Crippen LogP contribution in [-0.2, 0) is 14.8 Å². The van der Waals surface area contributed by atoms with E-state index in [-0.39, 0.29) is 17.9 Å². The van der Waals surface area contributed by atoms with Crippen molar-refractivity contribution in [1.29, 1.82) is 0 Å². The van der Waals surface area contributed by atoms with Gasteiger partial charge in [0.15, 0.2) is 0 Å². The second-order valence-corrected chi connectivity index (χ2v) is 7.84. The smallest absolute Gasteiger partial charge is 0.215 e. The molecule has 0 amide bonds. The van der Waals surface area contributed by atoms with Gasteiger partial charge >= 0.3 is 0 Å². The van der Waals surface area contributed by atoms with Gasteiger partial charge in [-0.25, -0.2) is 8.42 Å². The molecule has 1 N–H and O–H groups in total. The molecule has 0 spiro atoms. The molecular weight excluding hydrogens is 264 g/mol. The van der Waals surface area contributed by atoms with E-state index < -0.39 is 10.0 Å². The van der Waals surface area contributed by atoms with Gasteiger partial charge in [-0.05, 0) is 31.7 Å². The van der Waals surface area contributed by atoms with Crippen LogP contribution >= 0.6 is 0 Å². The van der Waals surface area contributed by atoms with Crippen LogP contribution in [0, 0.1) is 5.92 Å². The fraction of sp³-hybridized carbons (Fsp3) is 1.00. The van der Waals surface area contributed by atoms with E-state index in [0.717, 1.165) is 32.2 Å². The minimum atomic E-state index is -3.16. The Morgan fingerprint density at radius 3 is 2.74 bits per heavy atom. The molecule has 0 radical (unpaired) electrons. The summed E-state index contributed by atoms with van der Waals surface area (Å²) in [7, 11) is -1.49. The number of hydrogen-bond donors (Lipinski definition) is 1. The number of nitrogens with one attached hydrogen (secondary N) is 1. The molecule has 0 aromatic heterocycles. The third-order valence-electron chi connectivity index (χ3n) is 4.37. The van der Waals surface area contributed by atoms with E-state index in [9.17, 15) is 8.42 Å². The van der Waals surface area contributed by atoms with Crippen molar-refractivity contribution in [3.05, 3.63) is 0 Å². The molecule has 2 fully saturated rings. The van der Waals surface area contributed by atoms with E-state index >= 15 is 0 Å². The third kappa shape index (κ3) is 3.90. The average Bonchev–Trinajstić information content (AvgIpc) is 2.39. The maximum absolute atomic E-state index is 12.5. The Hall–Kier alpha value is -0.170. The van der Waals surface area contributed by atoms with E-state index in [1.807, 2.05) is 0 Å². The first-order valence-corrected chi connectivity index (χ1v) is 8.88. The van der Waals surface area contributed by atoms with E-state index in [1.54, 1.807) is 11.4 Å². The van der Waals surface area contributed by atoms with E-state index in [1.165, 1.54) is 0 Å². The van der Waals surface area contributed by atoms with Gasteiger partial charge in [0.05, 0.1) is 11.9 Å². The summed E-state index contributed by atoms with van der Waals surface area (Å²) < 4.78 is 31.9. The predicted octanol–water partition coefficient (Wildman–Crippen LogP) is 0.815. The second-order valence-electron chi connectivity index (χ2n) is 5.82. The lowest BCUT2D eigenvalue weighted by Gasteiger charge is -2.36. The van der Waals surface area contributed by atoms with Gasteiger partial charge < -0.3 is 10.1 Å². The molecule has 0 bridgehead atoms. The Labute approximate surface area is 116 Å². The fourth-order valence-corrected chi connectivity index (χ4v) is 4.75. The number of ether oxygens (including phenoxy) is 1. The quantitative estimate of drug-likeness (QED) is 0.832. The zero-order valence-electron chi connectivity index (χ0n) is 12.0. The largest absolute Gasteiger partial charge is 0.380 e. The van der Waals surface area contributed by atoms with Crippen LogP contribution in [0.25, 0.3) is 0 Å². The zero-order valence-corrected chi connectivity index (χ0v) is 12.8. The van der Waals surface area contributed by atoms with Crippen molar-refractivity contribution >= 4 is 10.0 Å². The first-order chi connectivity index (χ1) is 9.03. The third-order valence-corrected chi connectivity index (χ3v) is 6.31. The van der Waals surface area contributed by atoms with Crippen molar-refractivity contribution in [3.8, 4) is 0 Å². The molecule has 0 saturated carbocycles. The van der Waals surface area contributed by atoms with Crippen LogP contribution in [0.4, 0.5) is 0 Å². The SMILES string of the molecule is COC1CN(S(=O)(=O)CC2CCCCN2)CCC1C. The van der Waals surface area contributed by atoms with Gasteiger partial charge in [0.2, 0.25) is 10.0 Å². The van der Waals surface area contributed by atoms with Crippen molar-refractivity contribution in [2.45, 2.75) is 44.8 Å². The highest BCUT2D eigenvalue weighted by Crippen LogP contribution is 2.22.